The fourth-order valence-corrected chi connectivity index (χ4v) is 6.71. The molecular formula is C42H39N3O. The van der Waals surface area contributed by atoms with Crippen LogP contribution >= 0.6 is 0 Å². The number of anilines is 1. The number of phenols is 1. The minimum absolute atomic E-state index is 0.241. The number of hydrogen-bond donors (Lipinski definition) is 2. The van der Waals surface area contributed by atoms with Gasteiger partial charge in [0, 0.05) is 27.6 Å². The summed E-state index contributed by atoms with van der Waals surface area (Å²) in [7, 11) is 0. The number of hydrogen-bond acceptors (Lipinski definition) is 3. The van der Waals surface area contributed by atoms with E-state index in [9.17, 15) is 5.11 Å². The number of aromatic hydroxyl groups is 1. The number of fused-ring (bicyclic) bond motifs is 3. The van der Waals surface area contributed by atoms with Crippen molar-refractivity contribution in [2.24, 2.45) is 0 Å². The van der Waals surface area contributed by atoms with Gasteiger partial charge < -0.3 is 15.0 Å². The van der Waals surface area contributed by atoms with E-state index in [-0.39, 0.29) is 5.75 Å². The van der Waals surface area contributed by atoms with Crippen LogP contribution in [-0.4, -0.2) is 14.7 Å². The molecule has 2 N–H and O–H groups in total. The van der Waals surface area contributed by atoms with Crippen LogP contribution in [0.1, 0.15) is 56.4 Å². The molecular weight excluding hydrogens is 562 g/mol. The van der Waals surface area contributed by atoms with E-state index in [1.807, 2.05) is 42.5 Å². The highest BCUT2D eigenvalue weighted by Gasteiger charge is 2.19. The summed E-state index contributed by atoms with van der Waals surface area (Å²) < 4.78 is 2.16. The van der Waals surface area contributed by atoms with E-state index in [1.165, 1.54) is 16.8 Å². The molecule has 0 amide bonds. The molecule has 5 aromatic carbocycles. The summed E-state index contributed by atoms with van der Waals surface area (Å²) in [6, 6.07) is 43.8. The van der Waals surface area contributed by atoms with Gasteiger partial charge in [0.25, 0.3) is 0 Å². The standard InChI is InChI=1S/C42H39N3O/c1-27(2)30-19-12-20-31(28(3)4)41(30)43-26-29-14-11-22-37(44-29)33-16-6-5-15-32(33)36-21-13-25-40(42(36)46)45-38-23-9-7-17-34(38)35-18-8-10-24-39(35)45/h5-25,27-28,43,46H,26H2,1-4H3. The predicted molar refractivity (Wildman–Crippen MR) is 193 cm³/mol. The van der Waals surface area contributed by atoms with Gasteiger partial charge in [0.05, 0.1) is 34.7 Å². The highest BCUT2D eigenvalue weighted by molar-refractivity contribution is 6.09. The molecule has 0 unspecified atom stereocenters. The van der Waals surface area contributed by atoms with Gasteiger partial charge in [0.15, 0.2) is 0 Å². The van der Waals surface area contributed by atoms with Gasteiger partial charge >= 0.3 is 0 Å². The average Bonchev–Trinajstić information content (AvgIpc) is 3.41. The maximum atomic E-state index is 12.0. The Morgan fingerprint density at radius 3 is 1.78 bits per heavy atom. The largest absolute Gasteiger partial charge is 0.505 e. The van der Waals surface area contributed by atoms with Crippen LogP contribution in [0.5, 0.6) is 5.75 Å². The Balaban J connectivity index is 1.28. The highest BCUT2D eigenvalue weighted by atomic mass is 16.3. The molecule has 7 rings (SSSR count). The molecule has 4 nitrogen and oxygen atoms in total. The third-order valence-corrected chi connectivity index (χ3v) is 8.95. The van der Waals surface area contributed by atoms with E-state index in [0.717, 1.165) is 55.6 Å². The smallest absolute Gasteiger partial charge is 0.147 e. The van der Waals surface area contributed by atoms with Crippen molar-refractivity contribution in [2.75, 3.05) is 5.32 Å². The quantitative estimate of drug-likeness (QED) is 0.182. The Bertz CT molecular complexity index is 2110. The third kappa shape index (κ3) is 5.20. The Morgan fingerprint density at radius 1 is 0.587 bits per heavy atom. The lowest BCUT2D eigenvalue weighted by atomic mass is 9.92. The zero-order valence-corrected chi connectivity index (χ0v) is 26.8. The number of nitrogens with one attached hydrogen (secondary N) is 1. The molecule has 7 aromatic rings. The van der Waals surface area contributed by atoms with E-state index in [4.69, 9.17) is 4.98 Å². The zero-order valence-electron chi connectivity index (χ0n) is 26.8. The normalized spacial score (nSPS) is 11.6. The summed E-state index contributed by atoms with van der Waals surface area (Å²) in [5.41, 5.74) is 11.3. The number of phenolic OH excluding ortho intramolecular Hbond substituents is 1. The van der Waals surface area contributed by atoms with Crippen molar-refractivity contribution in [2.45, 2.75) is 46.1 Å². The van der Waals surface area contributed by atoms with Gasteiger partial charge in [-0.3, -0.25) is 4.98 Å². The topological polar surface area (TPSA) is 50.1 Å². The minimum atomic E-state index is 0.241. The molecule has 228 valence electrons. The molecule has 0 fully saturated rings. The first-order valence-electron chi connectivity index (χ1n) is 16.1. The molecule has 0 saturated carbocycles. The van der Waals surface area contributed by atoms with Gasteiger partial charge in [-0.15, -0.1) is 0 Å². The first kappa shape index (κ1) is 29.4. The van der Waals surface area contributed by atoms with E-state index >= 15 is 0 Å². The molecule has 0 atom stereocenters. The second-order valence-electron chi connectivity index (χ2n) is 12.6. The maximum Gasteiger partial charge on any atom is 0.147 e. The van der Waals surface area contributed by atoms with Gasteiger partial charge in [-0.25, -0.2) is 0 Å². The highest BCUT2D eigenvalue weighted by Crippen LogP contribution is 2.42. The Hall–Kier alpha value is -5.35. The van der Waals surface area contributed by atoms with Crippen molar-refractivity contribution in [3.63, 3.8) is 0 Å². The molecule has 0 saturated heterocycles. The van der Waals surface area contributed by atoms with Gasteiger partial charge in [-0.2, -0.15) is 0 Å². The van der Waals surface area contributed by atoms with Crippen LogP contribution in [0.2, 0.25) is 0 Å². The van der Waals surface area contributed by atoms with Crippen LogP contribution in [0.3, 0.4) is 0 Å². The number of rotatable bonds is 8. The Labute approximate surface area is 271 Å². The lowest BCUT2D eigenvalue weighted by molar-refractivity contribution is 0.475. The van der Waals surface area contributed by atoms with Gasteiger partial charge in [0.1, 0.15) is 5.75 Å². The summed E-state index contributed by atoms with van der Waals surface area (Å²) in [4.78, 5) is 5.13. The summed E-state index contributed by atoms with van der Waals surface area (Å²) in [5, 5.41) is 18.0. The van der Waals surface area contributed by atoms with Gasteiger partial charge in [0.2, 0.25) is 0 Å². The summed E-state index contributed by atoms with van der Waals surface area (Å²) in [6.07, 6.45) is 0. The van der Waals surface area contributed by atoms with Crippen molar-refractivity contribution in [3.8, 4) is 33.8 Å². The number of pyridine rings is 1. The number of para-hydroxylation sites is 4. The van der Waals surface area contributed by atoms with Crippen molar-refractivity contribution < 1.29 is 5.11 Å². The molecule has 0 aliphatic carbocycles. The Kier molecular flexibility index (Phi) is 7.79. The van der Waals surface area contributed by atoms with Crippen molar-refractivity contribution >= 4 is 27.5 Å². The average molecular weight is 602 g/mol. The van der Waals surface area contributed by atoms with Crippen LogP contribution in [0.4, 0.5) is 5.69 Å². The second-order valence-corrected chi connectivity index (χ2v) is 12.6. The molecule has 0 spiro atoms. The van der Waals surface area contributed by atoms with Crippen LogP contribution in [0.15, 0.2) is 127 Å². The van der Waals surface area contributed by atoms with E-state index in [2.05, 4.69) is 123 Å². The molecule has 2 heterocycles. The number of benzene rings is 5. The molecule has 46 heavy (non-hydrogen) atoms. The van der Waals surface area contributed by atoms with Crippen LogP contribution < -0.4 is 5.32 Å². The lowest BCUT2D eigenvalue weighted by Crippen LogP contribution is -2.09. The van der Waals surface area contributed by atoms with Crippen molar-refractivity contribution in [1.29, 1.82) is 0 Å². The third-order valence-electron chi connectivity index (χ3n) is 8.95. The fourth-order valence-electron chi connectivity index (χ4n) is 6.71. The molecule has 0 aliphatic heterocycles. The lowest BCUT2D eigenvalue weighted by Gasteiger charge is -2.21. The monoisotopic (exact) mass is 601 g/mol. The molecule has 2 aromatic heterocycles. The minimum Gasteiger partial charge on any atom is -0.505 e. The first-order chi connectivity index (χ1) is 22.4. The zero-order chi connectivity index (χ0) is 31.8. The maximum absolute atomic E-state index is 12.0. The first-order valence-corrected chi connectivity index (χ1v) is 16.1. The summed E-state index contributed by atoms with van der Waals surface area (Å²) in [6.45, 7) is 9.59. The number of nitrogens with zero attached hydrogens (tertiary/aromatic N) is 2. The van der Waals surface area contributed by atoms with E-state index < -0.39 is 0 Å². The van der Waals surface area contributed by atoms with E-state index in [0.29, 0.717) is 18.4 Å². The van der Waals surface area contributed by atoms with Crippen molar-refractivity contribution in [3.05, 3.63) is 144 Å². The van der Waals surface area contributed by atoms with Crippen LogP contribution in [-0.2, 0) is 6.54 Å². The molecule has 0 bridgehead atoms. The summed E-state index contributed by atoms with van der Waals surface area (Å²) in [5.74, 6) is 1.07. The Morgan fingerprint density at radius 2 is 1.13 bits per heavy atom. The summed E-state index contributed by atoms with van der Waals surface area (Å²) >= 11 is 0. The van der Waals surface area contributed by atoms with E-state index in [1.54, 1.807) is 0 Å². The second kappa shape index (κ2) is 12.2. The van der Waals surface area contributed by atoms with Crippen molar-refractivity contribution in [1.82, 2.24) is 9.55 Å². The molecule has 0 aliphatic rings. The fraction of sp³-hybridized carbons (Fsp3) is 0.167. The molecule has 0 radical (unpaired) electrons. The number of aromatic nitrogens is 2. The van der Waals surface area contributed by atoms with Gasteiger partial charge in [-0.1, -0.05) is 125 Å². The van der Waals surface area contributed by atoms with Crippen LogP contribution in [0.25, 0.3) is 49.9 Å². The van der Waals surface area contributed by atoms with Crippen LogP contribution in [0, 0.1) is 0 Å². The predicted octanol–water partition coefficient (Wildman–Crippen LogP) is 11.1. The van der Waals surface area contributed by atoms with Gasteiger partial charge in [-0.05, 0) is 58.9 Å². The SMILES string of the molecule is CC(C)c1cccc(C(C)C)c1NCc1cccc(-c2ccccc2-c2cccc(-n3c4ccccc4c4ccccc43)c2O)n1. The molecule has 4 heteroatoms.